The number of benzene rings is 2. The Balaban J connectivity index is 2.48. The average Bonchev–Trinajstić information content (AvgIpc) is 2.38. The highest BCUT2D eigenvalue weighted by Crippen LogP contribution is 2.37. The largest absolute Gasteiger partial charge is 0.323 e. The molecule has 1 unspecified atom stereocenters. The Morgan fingerprint density at radius 1 is 0.900 bits per heavy atom. The van der Waals surface area contributed by atoms with Gasteiger partial charge >= 0.3 is 0 Å². The molecule has 0 aliphatic heterocycles. The molecule has 0 saturated heterocycles. The van der Waals surface area contributed by atoms with Crippen molar-refractivity contribution in [1.82, 2.24) is 0 Å². The summed E-state index contributed by atoms with van der Waals surface area (Å²) in [4.78, 5) is 0. The van der Waals surface area contributed by atoms with Crippen molar-refractivity contribution in [2.75, 3.05) is 0 Å². The molecule has 2 rings (SSSR count). The van der Waals surface area contributed by atoms with Crippen molar-refractivity contribution in [3.63, 3.8) is 0 Å². The normalized spacial score (nSPS) is 13.3. The maximum absolute atomic E-state index is 6.66. The fourth-order valence-electron chi connectivity index (χ4n) is 3.09. The van der Waals surface area contributed by atoms with Crippen molar-refractivity contribution < 1.29 is 0 Å². The second-order valence-corrected chi connectivity index (χ2v) is 6.38. The van der Waals surface area contributed by atoms with Crippen LogP contribution >= 0.6 is 0 Å². The Kier molecular flexibility index (Phi) is 4.01. The third-order valence-corrected chi connectivity index (χ3v) is 4.34. The summed E-state index contributed by atoms with van der Waals surface area (Å²) in [5, 5.41) is 0. The molecule has 2 aromatic carbocycles. The van der Waals surface area contributed by atoms with E-state index >= 15 is 0 Å². The molecule has 0 aromatic heterocycles. The molecule has 0 radical (unpaired) electrons. The van der Waals surface area contributed by atoms with Gasteiger partial charge in [-0.05, 0) is 43.0 Å². The summed E-state index contributed by atoms with van der Waals surface area (Å²) in [5.41, 5.74) is 13.0. The Bertz CT molecular complexity index is 573. The first kappa shape index (κ1) is 14.8. The van der Waals surface area contributed by atoms with Crippen LogP contribution in [0.4, 0.5) is 0 Å². The van der Waals surface area contributed by atoms with Gasteiger partial charge in [0.2, 0.25) is 0 Å². The molecule has 0 heterocycles. The highest BCUT2D eigenvalue weighted by molar-refractivity contribution is 5.42. The molecule has 0 aliphatic carbocycles. The Labute approximate surface area is 122 Å². The predicted octanol–water partition coefficient (Wildman–Crippen LogP) is 4.59. The van der Waals surface area contributed by atoms with Gasteiger partial charge in [-0.15, -0.1) is 0 Å². The van der Waals surface area contributed by atoms with E-state index in [1.807, 2.05) is 6.07 Å². The van der Waals surface area contributed by atoms with Gasteiger partial charge in [0.25, 0.3) is 0 Å². The second-order valence-electron chi connectivity index (χ2n) is 6.38. The van der Waals surface area contributed by atoms with E-state index in [0.717, 1.165) is 0 Å². The predicted molar refractivity (Wildman–Crippen MR) is 87.0 cm³/mol. The van der Waals surface area contributed by atoms with Crippen molar-refractivity contribution >= 4 is 0 Å². The summed E-state index contributed by atoms with van der Waals surface area (Å²) in [7, 11) is 0. The topological polar surface area (TPSA) is 26.0 Å². The minimum Gasteiger partial charge on any atom is -0.323 e. The minimum absolute atomic E-state index is 0.00880. The summed E-state index contributed by atoms with van der Waals surface area (Å²) in [6, 6.07) is 15.0. The van der Waals surface area contributed by atoms with Crippen molar-refractivity contribution in [2.45, 2.75) is 46.1 Å². The lowest BCUT2D eigenvalue weighted by Crippen LogP contribution is -2.34. The molecule has 0 amide bonds. The summed E-state index contributed by atoms with van der Waals surface area (Å²) < 4.78 is 0. The van der Waals surface area contributed by atoms with Crippen LogP contribution in [0.3, 0.4) is 0 Å². The van der Waals surface area contributed by atoms with E-state index in [4.69, 9.17) is 5.73 Å². The van der Waals surface area contributed by atoms with E-state index in [9.17, 15) is 0 Å². The smallest absolute Gasteiger partial charge is 0.0393 e. The minimum atomic E-state index is -0.0912. The second kappa shape index (κ2) is 5.41. The maximum atomic E-state index is 6.66. The van der Waals surface area contributed by atoms with E-state index in [1.54, 1.807) is 0 Å². The molecule has 2 aromatic rings. The van der Waals surface area contributed by atoms with Crippen LogP contribution in [-0.2, 0) is 5.41 Å². The molecule has 0 saturated carbocycles. The van der Waals surface area contributed by atoms with E-state index < -0.39 is 0 Å². The molecule has 1 nitrogen and oxygen atoms in total. The van der Waals surface area contributed by atoms with Gasteiger partial charge in [-0.3, -0.25) is 0 Å². The van der Waals surface area contributed by atoms with Gasteiger partial charge in [-0.2, -0.15) is 0 Å². The molecular weight excluding hydrogens is 242 g/mol. The molecule has 0 spiro atoms. The van der Waals surface area contributed by atoms with E-state index in [-0.39, 0.29) is 11.5 Å². The van der Waals surface area contributed by atoms with Crippen molar-refractivity contribution in [1.29, 1.82) is 0 Å². The summed E-state index contributed by atoms with van der Waals surface area (Å²) in [6.07, 6.45) is 0. The number of aryl methyl sites for hydroxylation is 3. The maximum Gasteiger partial charge on any atom is 0.0393 e. The fraction of sp³-hybridized carbons (Fsp3) is 0.368. The Morgan fingerprint density at radius 3 is 1.90 bits per heavy atom. The zero-order valence-corrected chi connectivity index (χ0v) is 13.2. The number of rotatable bonds is 3. The lowest BCUT2D eigenvalue weighted by Gasteiger charge is -2.34. The monoisotopic (exact) mass is 267 g/mol. The third-order valence-electron chi connectivity index (χ3n) is 4.34. The van der Waals surface area contributed by atoms with Crippen LogP contribution < -0.4 is 5.73 Å². The average molecular weight is 267 g/mol. The molecule has 0 bridgehead atoms. The van der Waals surface area contributed by atoms with E-state index in [0.29, 0.717) is 0 Å². The quantitative estimate of drug-likeness (QED) is 0.865. The summed E-state index contributed by atoms with van der Waals surface area (Å²) >= 11 is 0. The van der Waals surface area contributed by atoms with Crippen molar-refractivity contribution in [2.24, 2.45) is 5.73 Å². The van der Waals surface area contributed by atoms with Crippen molar-refractivity contribution in [3.8, 4) is 0 Å². The van der Waals surface area contributed by atoms with Gasteiger partial charge in [-0.1, -0.05) is 61.9 Å². The lowest BCUT2D eigenvalue weighted by molar-refractivity contribution is 0.418. The molecule has 1 atom stereocenters. The van der Waals surface area contributed by atoms with Crippen LogP contribution in [0.2, 0.25) is 0 Å². The molecular formula is C19H25N. The van der Waals surface area contributed by atoms with Crippen LogP contribution in [0.5, 0.6) is 0 Å². The van der Waals surface area contributed by atoms with Gasteiger partial charge in [0.05, 0.1) is 0 Å². The van der Waals surface area contributed by atoms with Crippen LogP contribution in [-0.4, -0.2) is 0 Å². The van der Waals surface area contributed by atoms with E-state index in [1.165, 1.54) is 27.8 Å². The molecule has 0 fully saturated rings. The van der Waals surface area contributed by atoms with Crippen LogP contribution in [0.15, 0.2) is 42.5 Å². The van der Waals surface area contributed by atoms with Crippen molar-refractivity contribution in [3.05, 3.63) is 70.3 Å². The summed E-state index contributed by atoms with van der Waals surface area (Å²) in [6.45, 7) is 10.9. The molecule has 0 aliphatic rings. The summed E-state index contributed by atoms with van der Waals surface area (Å²) in [5.74, 6) is 0. The number of nitrogens with two attached hydrogens (primary N) is 1. The van der Waals surface area contributed by atoms with Crippen LogP contribution in [0, 0.1) is 20.8 Å². The van der Waals surface area contributed by atoms with Crippen LogP contribution in [0.25, 0.3) is 0 Å². The molecule has 20 heavy (non-hydrogen) atoms. The standard InChI is InChI=1S/C19H25N/c1-13-11-14(2)17(15(3)12-13)18(20)19(4,5)16-9-7-6-8-10-16/h6-12,18H,20H2,1-5H3. The highest BCUT2D eigenvalue weighted by Gasteiger charge is 2.31. The molecule has 106 valence electrons. The van der Waals surface area contributed by atoms with Gasteiger partial charge in [0, 0.05) is 11.5 Å². The first-order chi connectivity index (χ1) is 9.34. The first-order valence-corrected chi connectivity index (χ1v) is 7.23. The third kappa shape index (κ3) is 2.64. The van der Waals surface area contributed by atoms with Gasteiger partial charge < -0.3 is 5.73 Å². The zero-order chi connectivity index (χ0) is 14.9. The molecule has 2 N–H and O–H groups in total. The fourth-order valence-corrected chi connectivity index (χ4v) is 3.09. The Hall–Kier alpha value is -1.60. The zero-order valence-electron chi connectivity index (χ0n) is 13.2. The molecule has 1 heteroatoms. The van der Waals surface area contributed by atoms with Gasteiger partial charge in [-0.25, -0.2) is 0 Å². The van der Waals surface area contributed by atoms with E-state index in [2.05, 4.69) is 71.0 Å². The lowest BCUT2D eigenvalue weighted by atomic mass is 9.73. The number of hydrogen-bond donors (Lipinski definition) is 1. The SMILES string of the molecule is Cc1cc(C)c(C(N)C(C)(C)c2ccccc2)c(C)c1. The highest BCUT2D eigenvalue weighted by atomic mass is 14.7. The first-order valence-electron chi connectivity index (χ1n) is 7.23. The van der Waals surface area contributed by atoms with Gasteiger partial charge in [0.1, 0.15) is 0 Å². The van der Waals surface area contributed by atoms with Crippen LogP contribution in [0.1, 0.15) is 47.7 Å². The number of hydrogen-bond acceptors (Lipinski definition) is 1. The Morgan fingerprint density at radius 2 is 1.40 bits per heavy atom. The van der Waals surface area contributed by atoms with Gasteiger partial charge in [0.15, 0.2) is 0 Å².